The largest absolute Gasteiger partial charge is 0.445 e. The van der Waals surface area contributed by atoms with Crippen LogP contribution in [-0.4, -0.2) is 17.5 Å². The van der Waals surface area contributed by atoms with Crippen LogP contribution < -0.4 is 5.32 Å². The number of benzene rings is 2. The van der Waals surface area contributed by atoms with E-state index in [0.29, 0.717) is 22.7 Å². The van der Waals surface area contributed by atoms with Crippen LogP contribution in [0.2, 0.25) is 5.02 Å². The molecule has 5 heteroatoms. The topological polar surface area (TPSA) is 55.4 Å². The fourth-order valence-corrected chi connectivity index (χ4v) is 2.77. The zero-order chi connectivity index (χ0) is 16.6. The highest BCUT2D eigenvalue weighted by Gasteiger charge is 2.42. The standard InChI is InChI=1S/C18H16ClNO3/c1-11-7-8-13(9-15(11)19)20-17(22)18(2)10-12-5-3-4-6-14(12)16(21)23-18/h3-9H,10H2,1-2H3,(H,20,22). The minimum atomic E-state index is -1.25. The Bertz CT molecular complexity index is 803. The van der Waals surface area contributed by atoms with Crippen LogP contribution in [0.4, 0.5) is 5.69 Å². The Labute approximate surface area is 139 Å². The van der Waals surface area contributed by atoms with Gasteiger partial charge in [-0.1, -0.05) is 35.9 Å². The molecule has 1 atom stereocenters. The van der Waals surface area contributed by atoms with Crippen LogP contribution in [0.3, 0.4) is 0 Å². The number of cyclic esters (lactones) is 1. The summed E-state index contributed by atoms with van der Waals surface area (Å²) in [5.74, 6) is -0.855. The van der Waals surface area contributed by atoms with Gasteiger partial charge in [0.15, 0.2) is 5.60 Å². The smallest absolute Gasteiger partial charge is 0.339 e. The number of hydrogen-bond acceptors (Lipinski definition) is 3. The van der Waals surface area contributed by atoms with E-state index in [2.05, 4.69) is 5.32 Å². The number of esters is 1. The summed E-state index contributed by atoms with van der Waals surface area (Å²) < 4.78 is 5.40. The Morgan fingerprint density at radius 3 is 2.74 bits per heavy atom. The van der Waals surface area contributed by atoms with E-state index < -0.39 is 11.6 Å². The molecule has 1 N–H and O–H groups in total. The fraction of sp³-hybridized carbons (Fsp3) is 0.222. The minimum absolute atomic E-state index is 0.334. The molecular formula is C18H16ClNO3. The fourth-order valence-electron chi connectivity index (χ4n) is 2.59. The molecule has 1 unspecified atom stereocenters. The molecule has 2 aromatic carbocycles. The lowest BCUT2D eigenvalue weighted by atomic mass is 9.89. The molecule has 1 aliphatic rings. The van der Waals surface area contributed by atoms with E-state index in [1.807, 2.05) is 25.1 Å². The van der Waals surface area contributed by atoms with E-state index >= 15 is 0 Å². The van der Waals surface area contributed by atoms with E-state index in [0.717, 1.165) is 11.1 Å². The third-order valence-corrected chi connectivity index (χ3v) is 4.40. The number of aryl methyl sites for hydroxylation is 1. The van der Waals surface area contributed by atoms with Gasteiger partial charge >= 0.3 is 5.97 Å². The van der Waals surface area contributed by atoms with Gasteiger partial charge < -0.3 is 10.1 Å². The van der Waals surface area contributed by atoms with Crippen LogP contribution in [0.15, 0.2) is 42.5 Å². The van der Waals surface area contributed by atoms with Crippen LogP contribution in [-0.2, 0) is 16.0 Å². The maximum Gasteiger partial charge on any atom is 0.339 e. The number of carbonyl (C=O) groups is 2. The highest BCUT2D eigenvalue weighted by Crippen LogP contribution is 2.29. The lowest BCUT2D eigenvalue weighted by molar-refractivity contribution is -0.134. The molecule has 1 heterocycles. The van der Waals surface area contributed by atoms with E-state index in [4.69, 9.17) is 16.3 Å². The number of anilines is 1. The van der Waals surface area contributed by atoms with Gasteiger partial charge in [0.25, 0.3) is 5.91 Å². The minimum Gasteiger partial charge on any atom is -0.445 e. The van der Waals surface area contributed by atoms with Crippen LogP contribution in [0, 0.1) is 6.92 Å². The number of nitrogens with one attached hydrogen (secondary N) is 1. The summed E-state index contributed by atoms with van der Waals surface area (Å²) in [7, 11) is 0. The molecule has 118 valence electrons. The second kappa shape index (κ2) is 5.70. The number of halogens is 1. The monoisotopic (exact) mass is 329 g/mol. The van der Waals surface area contributed by atoms with E-state index in [1.165, 1.54) is 0 Å². The number of hydrogen-bond donors (Lipinski definition) is 1. The SMILES string of the molecule is Cc1ccc(NC(=O)C2(C)Cc3ccccc3C(=O)O2)cc1Cl. The number of amides is 1. The Morgan fingerprint density at radius 2 is 2.00 bits per heavy atom. The summed E-state index contributed by atoms with van der Waals surface area (Å²) in [6.07, 6.45) is 0.334. The number of rotatable bonds is 2. The maximum atomic E-state index is 12.6. The average Bonchev–Trinajstić information content (AvgIpc) is 2.51. The van der Waals surface area contributed by atoms with Crippen molar-refractivity contribution in [3.05, 3.63) is 64.2 Å². The summed E-state index contributed by atoms with van der Waals surface area (Å²) in [5, 5.41) is 3.34. The summed E-state index contributed by atoms with van der Waals surface area (Å²) >= 11 is 6.07. The van der Waals surface area contributed by atoms with Crippen molar-refractivity contribution in [1.82, 2.24) is 0 Å². The maximum absolute atomic E-state index is 12.6. The van der Waals surface area contributed by atoms with Crippen LogP contribution in [0.5, 0.6) is 0 Å². The summed E-state index contributed by atoms with van der Waals surface area (Å²) in [4.78, 5) is 24.7. The van der Waals surface area contributed by atoms with Crippen LogP contribution in [0.1, 0.15) is 28.4 Å². The van der Waals surface area contributed by atoms with Gasteiger partial charge in [-0.3, -0.25) is 4.79 Å². The Balaban J connectivity index is 1.84. The van der Waals surface area contributed by atoms with Gasteiger partial charge in [0, 0.05) is 17.1 Å². The van der Waals surface area contributed by atoms with E-state index in [9.17, 15) is 9.59 Å². The molecule has 0 saturated heterocycles. The molecule has 2 aromatic rings. The van der Waals surface area contributed by atoms with Crippen molar-refractivity contribution in [1.29, 1.82) is 0 Å². The molecule has 0 bridgehead atoms. The quantitative estimate of drug-likeness (QED) is 0.853. The summed E-state index contributed by atoms with van der Waals surface area (Å²) in [6, 6.07) is 12.4. The second-order valence-corrected chi connectivity index (χ2v) is 6.28. The molecular weight excluding hydrogens is 314 g/mol. The summed E-state index contributed by atoms with van der Waals surface area (Å²) in [6.45, 7) is 3.50. The van der Waals surface area contributed by atoms with Gasteiger partial charge in [-0.05, 0) is 43.2 Å². The first-order chi connectivity index (χ1) is 10.9. The van der Waals surface area contributed by atoms with Gasteiger partial charge in [0.05, 0.1) is 5.56 Å². The van der Waals surface area contributed by atoms with Crippen LogP contribution >= 0.6 is 11.6 Å². The van der Waals surface area contributed by atoms with Gasteiger partial charge in [-0.25, -0.2) is 4.79 Å². The Hall–Kier alpha value is -2.33. The first-order valence-corrected chi connectivity index (χ1v) is 7.66. The predicted octanol–water partition coefficient (Wildman–Crippen LogP) is 3.76. The van der Waals surface area contributed by atoms with E-state index in [-0.39, 0.29) is 5.91 Å². The van der Waals surface area contributed by atoms with Gasteiger partial charge in [0.1, 0.15) is 0 Å². The molecule has 0 aliphatic carbocycles. The lowest BCUT2D eigenvalue weighted by Gasteiger charge is -2.33. The Morgan fingerprint density at radius 1 is 1.26 bits per heavy atom. The third kappa shape index (κ3) is 2.94. The molecule has 23 heavy (non-hydrogen) atoms. The van der Waals surface area contributed by atoms with Crippen molar-refractivity contribution >= 4 is 29.2 Å². The first-order valence-electron chi connectivity index (χ1n) is 7.28. The average molecular weight is 330 g/mol. The third-order valence-electron chi connectivity index (χ3n) is 3.99. The van der Waals surface area contributed by atoms with Crippen molar-refractivity contribution in [2.75, 3.05) is 5.32 Å². The highest BCUT2D eigenvalue weighted by molar-refractivity contribution is 6.31. The van der Waals surface area contributed by atoms with Crippen molar-refractivity contribution in [3.8, 4) is 0 Å². The molecule has 0 aromatic heterocycles. The predicted molar refractivity (Wildman–Crippen MR) is 88.8 cm³/mol. The zero-order valence-corrected chi connectivity index (χ0v) is 13.6. The van der Waals surface area contributed by atoms with Crippen molar-refractivity contribution < 1.29 is 14.3 Å². The molecule has 1 amide bonds. The zero-order valence-electron chi connectivity index (χ0n) is 12.9. The Kier molecular flexibility index (Phi) is 3.86. The van der Waals surface area contributed by atoms with E-state index in [1.54, 1.807) is 31.2 Å². The molecule has 0 radical (unpaired) electrons. The van der Waals surface area contributed by atoms with Gasteiger partial charge in [0.2, 0.25) is 0 Å². The van der Waals surface area contributed by atoms with Gasteiger partial charge in [-0.15, -0.1) is 0 Å². The first kappa shape index (κ1) is 15.6. The molecule has 0 fully saturated rings. The number of ether oxygens (including phenoxy) is 1. The molecule has 4 nitrogen and oxygen atoms in total. The van der Waals surface area contributed by atoms with Crippen molar-refractivity contribution in [2.45, 2.75) is 25.9 Å². The summed E-state index contributed by atoms with van der Waals surface area (Å²) in [5.41, 5.74) is 1.57. The lowest BCUT2D eigenvalue weighted by Crippen LogP contribution is -2.48. The molecule has 1 aliphatic heterocycles. The van der Waals surface area contributed by atoms with Crippen molar-refractivity contribution in [2.24, 2.45) is 0 Å². The highest BCUT2D eigenvalue weighted by atomic mass is 35.5. The number of carbonyl (C=O) groups excluding carboxylic acids is 2. The normalized spacial score (nSPS) is 19.7. The second-order valence-electron chi connectivity index (χ2n) is 5.87. The van der Waals surface area contributed by atoms with Gasteiger partial charge in [-0.2, -0.15) is 0 Å². The molecule has 0 spiro atoms. The number of fused-ring (bicyclic) bond motifs is 1. The van der Waals surface area contributed by atoms with Crippen molar-refractivity contribution in [3.63, 3.8) is 0 Å². The van der Waals surface area contributed by atoms with Crippen LogP contribution in [0.25, 0.3) is 0 Å². The molecule has 3 rings (SSSR count). The molecule has 0 saturated carbocycles.